The van der Waals surface area contributed by atoms with Gasteiger partial charge in [0.05, 0.1) is 10.6 Å². The van der Waals surface area contributed by atoms with E-state index >= 15 is 0 Å². The molecule has 0 saturated heterocycles. The Kier molecular flexibility index (Phi) is 10.4. The highest BCUT2D eigenvalue weighted by atomic mass is 35.5. The lowest BCUT2D eigenvalue weighted by Crippen LogP contribution is -2.52. The van der Waals surface area contributed by atoms with E-state index in [0.717, 1.165) is 10.7 Å². The quantitative estimate of drug-likeness (QED) is 0.305. The summed E-state index contributed by atoms with van der Waals surface area (Å²) >= 11 is 12.2. The molecule has 39 heavy (non-hydrogen) atoms. The summed E-state index contributed by atoms with van der Waals surface area (Å²) in [7, 11) is -4.16. The number of carbonyl (C=O) groups is 2. The second-order valence-corrected chi connectivity index (χ2v) is 12.1. The molecule has 3 aromatic carbocycles. The number of hydrogen-bond acceptors (Lipinski definition) is 4. The Hall–Kier alpha value is -3.07. The number of benzene rings is 3. The van der Waals surface area contributed by atoms with Crippen molar-refractivity contribution < 1.29 is 18.0 Å². The van der Waals surface area contributed by atoms with Gasteiger partial charge in [-0.3, -0.25) is 13.9 Å². The van der Waals surface area contributed by atoms with Gasteiger partial charge in [-0.05, 0) is 80.8 Å². The van der Waals surface area contributed by atoms with Crippen LogP contribution in [-0.2, 0) is 26.2 Å². The van der Waals surface area contributed by atoms with E-state index in [2.05, 4.69) is 5.32 Å². The van der Waals surface area contributed by atoms with Crippen LogP contribution < -0.4 is 9.62 Å². The zero-order valence-corrected chi connectivity index (χ0v) is 24.7. The minimum atomic E-state index is -4.16. The summed E-state index contributed by atoms with van der Waals surface area (Å²) in [5.41, 5.74) is 1.74. The van der Waals surface area contributed by atoms with Crippen molar-refractivity contribution in [2.75, 3.05) is 10.8 Å². The number of halogens is 2. The van der Waals surface area contributed by atoms with Crippen LogP contribution in [0, 0.1) is 6.92 Å². The van der Waals surface area contributed by atoms with Gasteiger partial charge in [-0.2, -0.15) is 0 Å². The molecule has 0 heterocycles. The molecular weight excluding hydrogens is 557 g/mol. The van der Waals surface area contributed by atoms with Gasteiger partial charge < -0.3 is 10.2 Å². The summed E-state index contributed by atoms with van der Waals surface area (Å²) in [5.74, 6) is -0.870. The normalized spacial score (nSPS) is 12.9. The van der Waals surface area contributed by atoms with Crippen molar-refractivity contribution in [3.8, 4) is 0 Å². The summed E-state index contributed by atoms with van der Waals surface area (Å²) in [5, 5.41) is 3.79. The van der Waals surface area contributed by atoms with Crippen molar-refractivity contribution in [1.82, 2.24) is 10.2 Å². The smallest absolute Gasteiger partial charge is 0.264 e. The molecular formula is C29H33Cl2N3O4S. The summed E-state index contributed by atoms with van der Waals surface area (Å²) < 4.78 is 28.8. The molecule has 2 amide bonds. The predicted molar refractivity (Wildman–Crippen MR) is 157 cm³/mol. The van der Waals surface area contributed by atoms with Gasteiger partial charge in [-0.25, -0.2) is 8.42 Å². The van der Waals surface area contributed by atoms with E-state index in [-0.39, 0.29) is 23.4 Å². The van der Waals surface area contributed by atoms with Crippen molar-refractivity contribution >= 4 is 50.7 Å². The van der Waals surface area contributed by atoms with Crippen molar-refractivity contribution in [3.05, 3.63) is 94.0 Å². The van der Waals surface area contributed by atoms with E-state index in [1.807, 2.05) is 13.8 Å². The van der Waals surface area contributed by atoms with E-state index in [1.165, 1.54) is 29.2 Å². The van der Waals surface area contributed by atoms with Gasteiger partial charge in [-0.1, -0.05) is 60.5 Å². The molecule has 0 fully saturated rings. The van der Waals surface area contributed by atoms with Crippen LogP contribution in [-0.4, -0.2) is 43.8 Å². The predicted octanol–water partition coefficient (Wildman–Crippen LogP) is 5.83. The van der Waals surface area contributed by atoms with E-state index in [0.29, 0.717) is 26.9 Å². The molecule has 2 atom stereocenters. The van der Waals surface area contributed by atoms with Crippen LogP contribution in [0.1, 0.15) is 38.3 Å². The maximum atomic E-state index is 13.9. The van der Waals surface area contributed by atoms with Gasteiger partial charge in [0.25, 0.3) is 10.0 Å². The van der Waals surface area contributed by atoms with Gasteiger partial charge >= 0.3 is 0 Å². The number of nitrogens with one attached hydrogen (secondary N) is 1. The average Bonchev–Trinajstić information content (AvgIpc) is 2.90. The Morgan fingerprint density at radius 3 is 2.21 bits per heavy atom. The monoisotopic (exact) mass is 589 g/mol. The first-order chi connectivity index (χ1) is 18.4. The zero-order valence-electron chi connectivity index (χ0n) is 22.4. The lowest BCUT2D eigenvalue weighted by Gasteiger charge is -2.33. The molecule has 208 valence electrons. The Balaban J connectivity index is 2.04. The second kappa shape index (κ2) is 13.3. The highest BCUT2D eigenvalue weighted by Gasteiger charge is 2.33. The largest absolute Gasteiger partial charge is 0.352 e. The molecule has 7 nitrogen and oxygen atoms in total. The van der Waals surface area contributed by atoms with Crippen LogP contribution in [0.3, 0.4) is 0 Å². The van der Waals surface area contributed by atoms with Gasteiger partial charge in [0.2, 0.25) is 11.8 Å². The summed E-state index contributed by atoms with van der Waals surface area (Å²) in [6.45, 7) is 6.79. The van der Waals surface area contributed by atoms with Crippen LogP contribution in [0.4, 0.5) is 5.69 Å². The van der Waals surface area contributed by atoms with E-state index < -0.39 is 28.5 Å². The number of anilines is 1. The molecule has 0 aliphatic heterocycles. The first kappa shape index (κ1) is 30.5. The molecule has 0 aliphatic rings. The van der Waals surface area contributed by atoms with Gasteiger partial charge in [-0.15, -0.1) is 0 Å². The maximum Gasteiger partial charge on any atom is 0.264 e. The summed E-state index contributed by atoms with van der Waals surface area (Å²) in [6, 6.07) is 18.7. The third-order valence-electron chi connectivity index (χ3n) is 6.47. The Morgan fingerprint density at radius 1 is 0.923 bits per heavy atom. The molecule has 0 saturated carbocycles. The van der Waals surface area contributed by atoms with E-state index in [1.54, 1.807) is 62.4 Å². The molecule has 10 heteroatoms. The zero-order chi connectivity index (χ0) is 28.7. The van der Waals surface area contributed by atoms with E-state index in [9.17, 15) is 18.0 Å². The van der Waals surface area contributed by atoms with Gasteiger partial charge in [0.15, 0.2) is 0 Å². The number of aryl methyl sites for hydroxylation is 1. The van der Waals surface area contributed by atoms with Crippen LogP contribution >= 0.6 is 23.2 Å². The number of nitrogens with zero attached hydrogens (tertiary/aromatic N) is 2. The van der Waals surface area contributed by atoms with Crippen LogP contribution in [0.2, 0.25) is 10.0 Å². The third kappa shape index (κ3) is 7.75. The molecule has 3 aromatic rings. The maximum absolute atomic E-state index is 13.9. The number of carbonyl (C=O) groups excluding carboxylic acids is 2. The molecule has 0 aromatic heterocycles. The van der Waals surface area contributed by atoms with Crippen molar-refractivity contribution in [1.29, 1.82) is 0 Å². The first-order valence-corrected chi connectivity index (χ1v) is 14.8. The molecule has 3 rings (SSSR count). The fourth-order valence-corrected chi connectivity index (χ4v) is 5.79. The van der Waals surface area contributed by atoms with Crippen molar-refractivity contribution in [2.45, 2.75) is 57.6 Å². The Bertz CT molecular complexity index is 1410. The second-order valence-electron chi connectivity index (χ2n) is 9.40. The van der Waals surface area contributed by atoms with E-state index in [4.69, 9.17) is 23.2 Å². The van der Waals surface area contributed by atoms with Crippen molar-refractivity contribution in [3.63, 3.8) is 0 Å². The van der Waals surface area contributed by atoms with Gasteiger partial charge in [0.1, 0.15) is 12.6 Å². The average molecular weight is 591 g/mol. The molecule has 1 N–H and O–H groups in total. The minimum Gasteiger partial charge on any atom is -0.352 e. The molecule has 0 radical (unpaired) electrons. The number of sulfonamides is 1. The van der Waals surface area contributed by atoms with Crippen LogP contribution in [0.15, 0.2) is 77.7 Å². The standard InChI is InChI=1S/C29H33Cl2N3O4S/c1-5-21(3)32-29(36)22(4)33(18-23-10-8-11-25(31)17-23)28(35)19-34(27-12-7-6-9-20(27)2)39(37,38)26-15-13-24(30)14-16-26/h6-17,21-22H,5,18-19H2,1-4H3,(H,32,36)/t21-,22+/m1/s1. The Labute approximate surface area is 240 Å². The number of hydrogen-bond donors (Lipinski definition) is 1. The third-order valence-corrected chi connectivity index (χ3v) is 8.74. The first-order valence-electron chi connectivity index (χ1n) is 12.6. The number of rotatable bonds is 11. The summed E-state index contributed by atoms with van der Waals surface area (Å²) in [6.07, 6.45) is 0.723. The van der Waals surface area contributed by atoms with Crippen LogP contribution in [0.5, 0.6) is 0 Å². The fraction of sp³-hybridized carbons (Fsp3) is 0.310. The molecule has 0 spiro atoms. The van der Waals surface area contributed by atoms with Crippen molar-refractivity contribution in [2.24, 2.45) is 0 Å². The summed E-state index contributed by atoms with van der Waals surface area (Å²) in [4.78, 5) is 28.4. The Morgan fingerprint density at radius 2 is 1.59 bits per heavy atom. The van der Waals surface area contributed by atoms with Gasteiger partial charge in [0, 0.05) is 22.6 Å². The molecule has 0 aliphatic carbocycles. The SMILES string of the molecule is CC[C@@H](C)NC(=O)[C@H](C)N(Cc1cccc(Cl)c1)C(=O)CN(c1ccccc1C)S(=O)(=O)c1ccc(Cl)cc1. The number of amides is 2. The minimum absolute atomic E-state index is 0.00749. The highest BCUT2D eigenvalue weighted by Crippen LogP contribution is 2.28. The highest BCUT2D eigenvalue weighted by molar-refractivity contribution is 7.92. The lowest BCUT2D eigenvalue weighted by molar-refractivity contribution is -0.139. The molecule has 0 bridgehead atoms. The topological polar surface area (TPSA) is 86.8 Å². The lowest BCUT2D eigenvalue weighted by atomic mass is 10.1. The fourth-order valence-electron chi connectivity index (χ4n) is 3.97. The molecule has 0 unspecified atom stereocenters. The number of para-hydroxylation sites is 1. The van der Waals surface area contributed by atoms with Crippen LogP contribution in [0.25, 0.3) is 0 Å².